The lowest BCUT2D eigenvalue weighted by molar-refractivity contribution is -0.121. The molecule has 1 aliphatic carbocycles. The molecule has 15 heavy (non-hydrogen) atoms. The molecule has 0 bridgehead atoms. The second-order valence-electron chi connectivity index (χ2n) is 4.40. The van der Waals surface area contributed by atoms with Crippen LogP contribution in [0.4, 0.5) is 0 Å². The zero-order valence-corrected chi connectivity index (χ0v) is 9.62. The number of carbonyl (C=O) groups excluding carboxylic acids is 1. The Labute approximate surface area is 91.4 Å². The Morgan fingerprint density at radius 3 is 2.73 bits per heavy atom. The van der Waals surface area contributed by atoms with Gasteiger partial charge < -0.3 is 15.7 Å². The molecule has 0 radical (unpaired) electrons. The van der Waals surface area contributed by atoms with Crippen molar-refractivity contribution < 1.29 is 9.90 Å². The molecule has 0 spiro atoms. The molecule has 0 aliphatic heterocycles. The van der Waals surface area contributed by atoms with E-state index in [-0.39, 0.29) is 24.1 Å². The molecule has 4 nitrogen and oxygen atoms in total. The Morgan fingerprint density at radius 2 is 2.13 bits per heavy atom. The Hall–Kier alpha value is -0.610. The Bertz CT molecular complexity index is 209. The number of carbonyl (C=O) groups is 1. The lowest BCUT2D eigenvalue weighted by Crippen LogP contribution is -2.47. The SMILES string of the molecule is CNC(=O)CC(C)NC1CCCCC1O. The molecule has 1 amide bonds. The van der Waals surface area contributed by atoms with E-state index < -0.39 is 0 Å². The number of nitrogens with one attached hydrogen (secondary N) is 2. The van der Waals surface area contributed by atoms with Crippen LogP contribution in [0.3, 0.4) is 0 Å². The molecule has 1 saturated carbocycles. The Balaban J connectivity index is 2.29. The molecule has 0 aromatic carbocycles. The van der Waals surface area contributed by atoms with Gasteiger partial charge in [-0.15, -0.1) is 0 Å². The van der Waals surface area contributed by atoms with Crippen molar-refractivity contribution >= 4 is 5.91 Å². The molecule has 1 aliphatic rings. The Kier molecular flexibility index (Phi) is 5.05. The van der Waals surface area contributed by atoms with Gasteiger partial charge in [-0.1, -0.05) is 12.8 Å². The van der Waals surface area contributed by atoms with E-state index in [1.165, 1.54) is 6.42 Å². The summed E-state index contributed by atoms with van der Waals surface area (Å²) < 4.78 is 0. The summed E-state index contributed by atoms with van der Waals surface area (Å²) >= 11 is 0. The number of aliphatic hydroxyl groups excluding tert-OH is 1. The van der Waals surface area contributed by atoms with Gasteiger partial charge >= 0.3 is 0 Å². The van der Waals surface area contributed by atoms with Gasteiger partial charge in [0.1, 0.15) is 0 Å². The van der Waals surface area contributed by atoms with Crippen molar-refractivity contribution in [2.75, 3.05) is 7.05 Å². The highest BCUT2D eigenvalue weighted by molar-refractivity contribution is 5.76. The third-order valence-electron chi connectivity index (χ3n) is 3.00. The highest BCUT2D eigenvalue weighted by atomic mass is 16.3. The molecule has 1 fully saturated rings. The number of hydrogen-bond acceptors (Lipinski definition) is 3. The lowest BCUT2D eigenvalue weighted by Gasteiger charge is -2.30. The summed E-state index contributed by atoms with van der Waals surface area (Å²) in [5, 5.41) is 15.7. The smallest absolute Gasteiger partial charge is 0.221 e. The quantitative estimate of drug-likeness (QED) is 0.635. The van der Waals surface area contributed by atoms with Crippen molar-refractivity contribution in [3.05, 3.63) is 0 Å². The van der Waals surface area contributed by atoms with Gasteiger partial charge in [0, 0.05) is 25.6 Å². The molecule has 3 N–H and O–H groups in total. The van der Waals surface area contributed by atoms with Gasteiger partial charge in [0.15, 0.2) is 0 Å². The first-order valence-electron chi connectivity index (χ1n) is 5.78. The highest BCUT2D eigenvalue weighted by Gasteiger charge is 2.24. The van der Waals surface area contributed by atoms with Crippen molar-refractivity contribution in [1.82, 2.24) is 10.6 Å². The molecule has 0 aromatic heterocycles. The third-order valence-corrected chi connectivity index (χ3v) is 3.00. The van der Waals surface area contributed by atoms with Crippen LogP contribution >= 0.6 is 0 Å². The van der Waals surface area contributed by atoms with Crippen molar-refractivity contribution in [3.8, 4) is 0 Å². The first-order valence-corrected chi connectivity index (χ1v) is 5.78. The molecular weight excluding hydrogens is 192 g/mol. The maximum Gasteiger partial charge on any atom is 0.221 e. The molecule has 4 heteroatoms. The average molecular weight is 214 g/mol. The molecule has 0 saturated heterocycles. The van der Waals surface area contributed by atoms with Crippen LogP contribution in [-0.4, -0.2) is 36.2 Å². The standard InChI is InChI=1S/C11H22N2O2/c1-8(7-11(15)12-2)13-9-5-3-4-6-10(9)14/h8-10,13-14H,3-7H2,1-2H3,(H,12,15). The predicted molar refractivity (Wildman–Crippen MR) is 59.5 cm³/mol. The van der Waals surface area contributed by atoms with Crippen molar-refractivity contribution in [2.45, 2.75) is 57.2 Å². The normalized spacial score (nSPS) is 28.5. The first-order chi connectivity index (χ1) is 7.13. The molecule has 1 rings (SSSR count). The van der Waals surface area contributed by atoms with Gasteiger partial charge in [-0.25, -0.2) is 0 Å². The summed E-state index contributed by atoms with van der Waals surface area (Å²) in [6.07, 6.45) is 4.40. The van der Waals surface area contributed by atoms with E-state index in [4.69, 9.17) is 0 Å². The van der Waals surface area contributed by atoms with Gasteiger partial charge in [-0.3, -0.25) is 4.79 Å². The van der Waals surface area contributed by atoms with Crippen LogP contribution in [0.5, 0.6) is 0 Å². The molecule has 3 atom stereocenters. The van der Waals surface area contributed by atoms with Crippen LogP contribution in [0.2, 0.25) is 0 Å². The van der Waals surface area contributed by atoms with Crippen LogP contribution in [0.15, 0.2) is 0 Å². The fourth-order valence-corrected chi connectivity index (χ4v) is 2.11. The second-order valence-corrected chi connectivity index (χ2v) is 4.40. The minimum atomic E-state index is -0.245. The molecule has 3 unspecified atom stereocenters. The van der Waals surface area contributed by atoms with E-state index in [0.29, 0.717) is 6.42 Å². The van der Waals surface area contributed by atoms with Crippen LogP contribution in [0, 0.1) is 0 Å². The third kappa shape index (κ3) is 4.18. The highest BCUT2D eigenvalue weighted by Crippen LogP contribution is 2.18. The number of amides is 1. The zero-order chi connectivity index (χ0) is 11.3. The van der Waals surface area contributed by atoms with Crippen molar-refractivity contribution in [1.29, 1.82) is 0 Å². The number of aliphatic hydroxyl groups is 1. The first kappa shape index (κ1) is 12.5. The molecule has 0 aromatic rings. The summed E-state index contributed by atoms with van der Waals surface area (Å²) in [7, 11) is 1.64. The van der Waals surface area contributed by atoms with Crippen LogP contribution in [0.1, 0.15) is 39.0 Å². The van der Waals surface area contributed by atoms with Gasteiger partial charge in [0.2, 0.25) is 5.91 Å². The second kappa shape index (κ2) is 6.08. The van der Waals surface area contributed by atoms with E-state index >= 15 is 0 Å². The van der Waals surface area contributed by atoms with Crippen LogP contribution < -0.4 is 10.6 Å². The largest absolute Gasteiger partial charge is 0.392 e. The number of rotatable bonds is 4. The summed E-state index contributed by atoms with van der Waals surface area (Å²) in [5.41, 5.74) is 0. The monoisotopic (exact) mass is 214 g/mol. The predicted octanol–water partition coefficient (Wildman–Crippen LogP) is 0.404. The Morgan fingerprint density at radius 1 is 1.47 bits per heavy atom. The minimum Gasteiger partial charge on any atom is -0.392 e. The van der Waals surface area contributed by atoms with E-state index in [1.54, 1.807) is 7.05 Å². The summed E-state index contributed by atoms with van der Waals surface area (Å²) in [6, 6.07) is 0.293. The summed E-state index contributed by atoms with van der Waals surface area (Å²) in [5.74, 6) is 0.0419. The maximum absolute atomic E-state index is 11.1. The fraction of sp³-hybridized carbons (Fsp3) is 0.909. The average Bonchev–Trinajstić information content (AvgIpc) is 2.21. The zero-order valence-electron chi connectivity index (χ0n) is 9.62. The molecule has 88 valence electrons. The minimum absolute atomic E-state index is 0.0419. The summed E-state index contributed by atoms with van der Waals surface area (Å²) in [4.78, 5) is 11.1. The van der Waals surface area contributed by atoms with Crippen LogP contribution in [-0.2, 0) is 4.79 Å². The topological polar surface area (TPSA) is 61.4 Å². The number of hydrogen-bond donors (Lipinski definition) is 3. The van der Waals surface area contributed by atoms with E-state index in [0.717, 1.165) is 19.3 Å². The lowest BCUT2D eigenvalue weighted by atomic mass is 9.92. The molecular formula is C11H22N2O2. The van der Waals surface area contributed by atoms with E-state index in [1.807, 2.05) is 6.92 Å². The van der Waals surface area contributed by atoms with Gasteiger partial charge in [-0.2, -0.15) is 0 Å². The van der Waals surface area contributed by atoms with E-state index in [9.17, 15) is 9.90 Å². The van der Waals surface area contributed by atoms with Crippen LogP contribution in [0.25, 0.3) is 0 Å². The van der Waals surface area contributed by atoms with Gasteiger partial charge in [0.05, 0.1) is 6.10 Å². The van der Waals surface area contributed by atoms with E-state index in [2.05, 4.69) is 10.6 Å². The van der Waals surface area contributed by atoms with Crippen molar-refractivity contribution in [3.63, 3.8) is 0 Å². The fourth-order valence-electron chi connectivity index (χ4n) is 2.11. The molecule has 0 heterocycles. The van der Waals surface area contributed by atoms with Gasteiger partial charge in [0.25, 0.3) is 0 Å². The van der Waals surface area contributed by atoms with Crippen molar-refractivity contribution in [2.24, 2.45) is 0 Å². The van der Waals surface area contributed by atoms with Gasteiger partial charge in [-0.05, 0) is 19.8 Å². The maximum atomic E-state index is 11.1. The summed E-state index contributed by atoms with van der Waals surface area (Å²) in [6.45, 7) is 1.98.